The molecule has 3 heterocycles. The Hall–Kier alpha value is -3.16. The molecule has 3 aromatic heterocycles. The molecule has 110 valence electrons. The van der Waals surface area contributed by atoms with Gasteiger partial charge in [0.25, 0.3) is 5.91 Å². The van der Waals surface area contributed by atoms with Crippen LogP contribution in [0.2, 0.25) is 0 Å². The Kier molecular flexibility index (Phi) is 3.82. The number of hydrogen-bond donors (Lipinski definition) is 1. The first-order valence-corrected chi connectivity index (χ1v) is 6.46. The van der Waals surface area contributed by atoms with Gasteiger partial charge >= 0.3 is 0 Å². The summed E-state index contributed by atoms with van der Waals surface area (Å²) in [6.45, 7) is 0.336. The number of hydrogen-bond acceptors (Lipinski definition) is 7. The second kappa shape index (κ2) is 6.08. The van der Waals surface area contributed by atoms with Crippen molar-refractivity contribution in [2.24, 2.45) is 0 Å². The van der Waals surface area contributed by atoms with Crippen LogP contribution in [0, 0.1) is 0 Å². The van der Waals surface area contributed by atoms with E-state index < -0.39 is 0 Å². The summed E-state index contributed by atoms with van der Waals surface area (Å²) in [5, 5.41) is 2.77. The highest BCUT2D eigenvalue weighted by Gasteiger charge is 2.09. The maximum Gasteiger partial charge on any atom is 0.271 e. The number of carbonyl (C=O) groups excluding carboxylic acids is 1. The maximum absolute atomic E-state index is 12.1. The Labute approximate surface area is 125 Å². The summed E-state index contributed by atoms with van der Waals surface area (Å²) in [6.07, 6.45) is 5.90. The lowest BCUT2D eigenvalue weighted by atomic mass is 10.2. The van der Waals surface area contributed by atoms with Gasteiger partial charge < -0.3 is 10.1 Å². The number of carbonyl (C=O) groups is 1. The van der Waals surface area contributed by atoms with E-state index in [0.717, 1.165) is 5.56 Å². The Morgan fingerprint density at radius 2 is 2.18 bits per heavy atom. The van der Waals surface area contributed by atoms with Gasteiger partial charge in [-0.15, -0.1) is 0 Å². The lowest BCUT2D eigenvalue weighted by molar-refractivity contribution is 0.0946. The van der Waals surface area contributed by atoms with E-state index in [0.29, 0.717) is 23.6 Å². The average molecular weight is 296 g/mol. The summed E-state index contributed by atoms with van der Waals surface area (Å²) in [6, 6.07) is 3.54. The van der Waals surface area contributed by atoms with Crippen molar-refractivity contribution in [3.63, 3.8) is 0 Å². The van der Waals surface area contributed by atoms with Gasteiger partial charge in [-0.25, -0.2) is 24.9 Å². The molecule has 0 aliphatic carbocycles. The van der Waals surface area contributed by atoms with Crippen LogP contribution in [0.4, 0.5) is 0 Å². The average Bonchev–Trinajstić information content (AvgIpc) is 2.59. The highest BCUT2D eigenvalue weighted by molar-refractivity contribution is 5.93. The van der Waals surface area contributed by atoms with Crippen molar-refractivity contribution < 1.29 is 9.53 Å². The number of amides is 1. The van der Waals surface area contributed by atoms with E-state index in [1.807, 2.05) is 0 Å². The molecule has 0 bridgehead atoms. The van der Waals surface area contributed by atoms with Gasteiger partial charge in [0.05, 0.1) is 19.5 Å². The molecule has 0 spiro atoms. The molecule has 0 atom stereocenters. The zero-order valence-corrected chi connectivity index (χ0v) is 11.7. The quantitative estimate of drug-likeness (QED) is 0.757. The molecule has 22 heavy (non-hydrogen) atoms. The zero-order valence-electron chi connectivity index (χ0n) is 11.7. The molecule has 0 aromatic carbocycles. The monoisotopic (exact) mass is 296 g/mol. The molecule has 0 aliphatic rings. The number of nitrogens with one attached hydrogen (secondary N) is 1. The van der Waals surface area contributed by atoms with Crippen molar-refractivity contribution in [3.05, 3.63) is 48.3 Å². The predicted octanol–water partition coefficient (Wildman–Crippen LogP) is 0.753. The molecule has 3 aromatic rings. The minimum Gasteiger partial charge on any atom is -0.481 e. The van der Waals surface area contributed by atoms with Crippen LogP contribution in [0.15, 0.2) is 37.1 Å². The van der Waals surface area contributed by atoms with E-state index in [4.69, 9.17) is 4.74 Å². The molecule has 8 nitrogen and oxygen atoms in total. The minimum absolute atomic E-state index is 0.211. The van der Waals surface area contributed by atoms with Gasteiger partial charge in [0, 0.05) is 18.8 Å². The van der Waals surface area contributed by atoms with Crippen molar-refractivity contribution in [2.75, 3.05) is 7.11 Å². The molecule has 8 heteroatoms. The molecular formula is C14H12N6O2. The van der Waals surface area contributed by atoms with E-state index in [1.165, 1.54) is 25.8 Å². The highest BCUT2D eigenvalue weighted by Crippen LogP contribution is 2.09. The van der Waals surface area contributed by atoms with Gasteiger partial charge in [0.1, 0.15) is 17.5 Å². The van der Waals surface area contributed by atoms with Gasteiger partial charge in [-0.1, -0.05) is 0 Å². The second-order valence-corrected chi connectivity index (χ2v) is 4.38. The first-order valence-electron chi connectivity index (χ1n) is 6.46. The summed E-state index contributed by atoms with van der Waals surface area (Å²) < 4.78 is 5.03. The molecule has 0 fully saturated rings. The largest absolute Gasteiger partial charge is 0.481 e. The van der Waals surface area contributed by atoms with Gasteiger partial charge in [0.15, 0.2) is 5.65 Å². The standard InChI is InChI=1S/C14H12N6O2/c1-22-12-4-9(2-3-16-12)5-18-14(21)11-7-17-13-10(20-11)6-15-8-19-13/h2-4,6-8H,5H2,1H3,(H,18,21). The van der Waals surface area contributed by atoms with Crippen molar-refractivity contribution in [1.29, 1.82) is 0 Å². The van der Waals surface area contributed by atoms with Crippen molar-refractivity contribution in [2.45, 2.75) is 6.54 Å². The number of methoxy groups -OCH3 is 1. The Morgan fingerprint density at radius 1 is 1.27 bits per heavy atom. The molecule has 0 aliphatic heterocycles. The van der Waals surface area contributed by atoms with E-state index in [-0.39, 0.29) is 11.6 Å². The molecular weight excluding hydrogens is 284 g/mol. The third-order valence-corrected chi connectivity index (χ3v) is 2.92. The number of rotatable bonds is 4. The summed E-state index contributed by atoms with van der Waals surface area (Å²) in [5.41, 5.74) is 2.01. The highest BCUT2D eigenvalue weighted by atomic mass is 16.5. The molecule has 3 rings (SSSR count). The van der Waals surface area contributed by atoms with Gasteiger partial charge in [-0.3, -0.25) is 4.79 Å². The summed E-state index contributed by atoms with van der Waals surface area (Å²) in [7, 11) is 1.54. The van der Waals surface area contributed by atoms with E-state index in [1.54, 1.807) is 18.3 Å². The lowest BCUT2D eigenvalue weighted by Gasteiger charge is -2.06. The van der Waals surface area contributed by atoms with Crippen LogP contribution in [0.3, 0.4) is 0 Å². The summed E-state index contributed by atoms with van der Waals surface area (Å²) in [4.78, 5) is 32.2. The van der Waals surface area contributed by atoms with Crippen LogP contribution in [0.25, 0.3) is 11.2 Å². The molecule has 0 saturated carbocycles. The normalized spacial score (nSPS) is 10.4. The Morgan fingerprint density at radius 3 is 3.05 bits per heavy atom. The smallest absolute Gasteiger partial charge is 0.271 e. The Bertz CT molecular complexity index is 823. The van der Waals surface area contributed by atoms with Crippen LogP contribution in [0.5, 0.6) is 5.88 Å². The fourth-order valence-corrected chi connectivity index (χ4v) is 1.83. The fourth-order valence-electron chi connectivity index (χ4n) is 1.83. The SMILES string of the molecule is COc1cc(CNC(=O)c2cnc3ncncc3n2)ccn1. The topological polar surface area (TPSA) is 103 Å². The Balaban J connectivity index is 1.72. The maximum atomic E-state index is 12.1. The number of pyridine rings is 1. The first kappa shape index (κ1) is 13.8. The van der Waals surface area contributed by atoms with E-state index in [9.17, 15) is 4.79 Å². The summed E-state index contributed by atoms with van der Waals surface area (Å²) >= 11 is 0. The molecule has 1 amide bonds. The van der Waals surface area contributed by atoms with Crippen LogP contribution in [-0.2, 0) is 6.54 Å². The summed E-state index contributed by atoms with van der Waals surface area (Å²) in [5.74, 6) is 0.170. The van der Waals surface area contributed by atoms with Crippen LogP contribution in [0.1, 0.15) is 16.1 Å². The third kappa shape index (κ3) is 2.95. The van der Waals surface area contributed by atoms with Crippen LogP contribution < -0.4 is 10.1 Å². The minimum atomic E-state index is -0.325. The van der Waals surface area contributed by atoms with E-state index >= 15 is 0 Å². The van der Waals surface area contributed by atoms with Crippen molar-refractivity contribution in [1.82, 2.24) is 30.2 Å². The third-order valence-electron chi connectivity index (χ3n) is 2.92. The van der Waals surface area contributed by atoms with Crippen molar-refractivity contribution >= 4 is 17.1 Å². The first-order chi connectivity index (χ1) is 10.8. The number of ether oxygens (including phenoxy) is 1. The van der Waals surface area contributed by atoms with Crippen LogP contribution >= 0.6 is 0 Å². The number of nitrogens with zero attached hydrogens (tertiary/aromatic N) is 5. The molecule has 1 N–H and O–H groups in total. The molecule has 0 radical (unpaired) electrons. The van der Waals surface area contributed by atoms with Gasteiger partial charge in [0.2, 0.25) is 5.88 Å². The lowest BCUT2D eigenvalue weighted by Crippen LogP contribution is -2.24. The molecule has 0 unspecified atom stereocenters. The number of fused-ring (bicyclic) bond motifs is 1. The van der Waals surface area contributed by atoms with Gasteiger partial charge in [-0.2, -0.15) is 0 Å². The second-order valence-electron chi connectivity index (χ2n) is 4.38. The molecule has 0 saturated heterocycles. The van der Waals surface area contributed by atoms with Crippen molar-refractivity contribution in [3.8, 4) is 5.88 Å². The predicted molar refractivity (Wildman–Crippen MR) is 77.1 cm³/mol. The van der Waals surface area contributed by atoms with E-state index in [2.05, 4.69) is 30.2 Å². The van der Waals surface area contributed by atoms with Gasteiger partial charge in [-0.05, 0) is 11.6 Å². The zero-order chi connectivity index (χ0) is 15.4. The number of aromatic nitrogens is 5. The fraction of sp³-hybridized carbons (Fsp3) is 0.143. The van der Waals surface area contributed by atoms with Crippen LogP contribution in [-0.4, -0.2) is 37.9 Å².